The summed E-state index contributed by atoms with van der Waals surface area (Å²) in [7, 11) is 0. The van der Waals surface area contributed by atoms with Crippen LogP contribution in [0.25, 0.3) is 6.08 Å². The topological polar surface area (TPSA) is 37.4 Å². The lowest BCUT2D eigenvalue weighted by atomic mass is 10.1. The van der Waals surface area contributed by atoms with Crippen LogP contribution in [0.5, 0.6) is 0 Å². The van der Waals surface area contributed by atoms with E-state index < -0.39 is 0 Å². The van der Waals surface area contributed by atoms with Gasteiger partial charge >= 0.3 is 0 Å². The van der Waals surface area contributed by atoms with E-state index in [0.717, 1.165) is 18.7 Å². The molecule has 0 bridgehead atoms. The lowest BCUT2D eigenvalue weighted by molar-refractivity contribution is -0.117. The number of amides is 1. The molecule has 3 nitrogen and oxygen atoms in total. The lowest BCUT2D eigenvalue weighted by Crippen LogP contribution is -2.23. The number of carbonyl (C=O) groups excluding carboxylic acids is 2. The van der Waals surface area contributed by atoms with E-state index >= 15 is 0 Å². The third kappa shape index (κ3) is 3.54. The van der Waals surface area contributed by atoms with E-state index in [1.807, 2.05) is 0 Å². The second kappa shape index (κ2) is 6.57. The lowest BCUT2D eigenvalue weighted by Gasteiger charge is -2.15. The monoisotopic (exact) mass is 309 g/mol. The Labute approximate surface area is 134 Å². The minimum absolute atomic E-state index is 0.120. The summed E-state index contributed by atoms with van der Waals surface area (Å²) in [6.45, 7) is 0.728. The Hall–Kier alpha value is -2.75. The van der Waals surface area contributed by atoms with Crippen molar-refractivity contribution in [2.24, 2.45) is 0 Å². The molecule has 0 aromatic heterocycles. The van der Waals surface area contributed by atoms with Crippen LogP contribution >= 0.6 is 0 Å². The van der Waals surface area contributed by atoms with Crippen molar-refractivity contribution in [1.29, 1.82) is 0 Å². The van der Waals surface area contributed by atoms with Crippen molar-refractivity contribution >= 4 is 23.5 Å². The summed E-state index contributed by atoms with van der Waals surface area (Å²) in [6, 6.07) is 13.0. The number of anilines is 1. The van der Waals surface area contributed by atoms with E-state index in [1.165, 1.54) is 18.2 Å². The molecule has 1 amide bonds. The second-order valence-corrected chi connectivity index (χ2v) is 5.45. The molecule has 1 fully saturated rings. The van der Waals surface area contributed by atoms with Crippen LogP contribution in [0.2, 0.25) is 0 Å². The Bertz CT molecular complexity index is 765. The van der Waals surface area contributed by atoms with Gasteiger partial charge in [0.25, 0.3) is 0 Å². The first-order valence-corrected chi connectivity index (χ1v) is 7.52. The van der Waals surface area contributed by atoms with Gasteiger partial charge in [-0.05, 0) is 54.5 Å². The summed E-state index contributed by atoms with van der Waals surface area (Å²) in [6.07, 6.45) is 4.46. The third-order valence-electron chi connectivity index (χ3n) is 3.81. The van der Waals surface area contributed by atoms with Gasteiger partial charge in [0, 0.05) is 24.2 Å². The summed E-state index contributed by atoms with van der Waals surface area (Å²) >= 11 is 0. The largest absolute Gasteiger partial charge is 0.312 e. The van der Waals surface area contributed by atoms with Gasteiger partial charge in [0.05, 0.1) is 0 Å². The molecule has 116 valence electrons. The highest BCUT2D eigenvalue weighted by Crippen LogP contribution is 2.21. The molecule has 23 heavy (non-hydrogen) atoms. The number of rotatable bonds is 4. The summed E-state index contributed by atoms with van der Waals surface area (Å²) in [5.41, 5.74) is 1.99. The predicted molar refractivity (Wildman–Crippen MR) is 87.8 cm³/mol. The maximum absolute atomic E-state index is 13.1. The summed E-state index contributed by atoms with van der Waals surface area (Å²) in [4.78, 5) is 25.6. The van der Waals surface area contributed by atoms with E-state index in [1.54, 1.807) is 47.4 Å². The van der Waals surface area contributed by atoms with Gasteiger partial charge in [-0.3, -0.25) is 9.59 Å². The number of hydrogen-bond donors (Lipinski definition) is 0. The zero-order valence-electron chi connectivity index (χ0n) is 12.5. The van der Waals surface area contributed by atoms with Crippen LogP contribution in [-0.4, -0.2) is 18.2 Å². The van der Waals surface area contributed by atoms with Crippen LogP contribution in [0.3, 0.4) is 0 Å². The number of benzene rings is 2. The van der Waals surface area contributed by atoms with Gasteiger partial charge in [0.2, 0.25) is 5.91 Å². The molecular weight excluding hydrogens is 293 g/mol. The van der Waals surface area contributed by atoms with Gasteiger partial charge < -0.3 is 4.90 Å². The van der Waals surface area contributed by atoms with Gasteiger partial charge in [-0.25, -0.2) is 4.39 Å². The van der Waals surface area contributed by atoms with E-state index in [2.05, 4.69) is 0 Å². The van der Waals surface area contributed by atoms with Crippen molar-refractivity contribution in [2.45, 2.75) is 12.8 Å². The average Bonchev–Trinajstić information content (AvgIpc) is 2.99. The maximum Gasteiger partial charge on any atom is 0.227 e. The van der Waals surface area contributed by atoms with Crippen molar-refractivity contribution in [1.82, 2.24) is 0 Å². The minimum Gasteiger partial charge on any atom is -0.312 e. The molecule has 1 aliphatic heterocycles. The fraction of sp³-hybridized carbons (Fsp3) is 0.158. The molecule has 3 rings (SSSR count). The van der Waals surface area contributed by atoms with Crippen molar-refractivity contribution in [3.05, 3.63) is 71.6 Å². The van der Waals surface area contributed by atoms with Crippen molar-refractivity contribution in [3.63, 3.8) is 0 Å². The smallest absolute Gasteiger partial charge is 0.227 e. The molecule has 4 heteroatoms. The standard InChI is InChI=1S/C19H16FNO2/c20-16-4-1-3-14(13-16)6-11-18(22)15-7-9-17(10-8-15)21-12-2-5-19(21)23/h1,3-4,6-11,13H,2,5,12H2/b11-6+. The van der Waals surface area contributed by atoms with Crippen molar-refractivity contribution in [2.75, 3.05) is 11.4 Å². The Morgan fingerprint density at radius 1 is 1.13 bits per heavy atom. The van der Waals surface area contributed by atoms with Gasteiger partial charge in [-0.2, -0.15) is 0 Å². The Kier molecular flexibility index (Phi) is 4.33. The number of halogens is 1. The van der Waals surface area contributed by atoms with Crippen LogP contribution in [-0.2, 0) is 4.79 Å². The molecule has 0 atom stereocenters. The quantitative estimate of drug-likeness (QED) is 0.635. The van der Waals surface area contributed by atoms with Gasteiger partial charge in [-0.15, -0.1) is 0 Å². The maximum atomic E-state index is 13.1. The van der Waals surface area contributed by atoms with E-state index in [4.69, 9.17) is 0 Å². The first kappa shape index (κ1) is 15.2. The van der Waals surface area contributed by atoms with E-state index in [-0.39, 0.29) is 17.5 Å². The predicted octanol–water partition coefficient (Wildman–Crippen LogP) is 3.85. The molecule has 1 aliphatic rings. The number of hydrogen-bond acceptors (Lipinski definition) is 2. The molecule has 1 heterocycles. The molecule has 1 saturated heterocycles. The molecule has 0 aliphatic carbocycles. The first-order valence-electron chi connectivity index (χ1n) is 7.52. The van der Waals surface area contributed by atoms with Crippen LogP contribution in [0.15, 0.2) is 54.6 Å². The summed E-state index contributed by atoms with van der Waals surface area (Å²) in [5.74, 6) is -0.372. The van der Waals surface area contributed by atoms with E-state index in [9.17, 15) is 14.0 Å². The molecule has 2 aromatic carbocycles. The summed E-state index contributed by atoms with van der Waals surface area (Å²) < 4.78 is 13.1. The average molecular weight is 309 g/mol. The number of nitrogens with zero attached hydrogens (tertiary/aromatic N) is 1. The van der Waals surface area contributed by atoms with Crippen molar-refractivity contribution < 1.29 is 14.0 Å². The van der Waals surface area contributed by atoms with Gasteiger partial charge in [-0.1, -0.05) is 18.2 Å². The third-order valence-corrected chi connectivity index (χ3v) is 3.81. The van der Waals surface area contributed by atoms with Crippen molar-refractivity contribution in [3.8, 4) is 0 Å². The summed E-state index contributed by atoms with van der Waals surface area (Å²) in [5, 5.41) is 0. The molecular formula is C19H16FNO2. The molecule has 0 spiro atoms. The highest BCUT2D eigenvalue weighted by molar-refractivity contribution is 6.07. The number of carbonyl (C=O) groups is 2. The fourth-order valence-corrected chi connectivity index (χ4v) is 2.61. The fourth-order valence-electron chi connectivity index (χ4n) is 2.61. The van der Waals surface area contributed by atoms with Crippen LogP contribution in [0.4, 0.5) is 10.1 Å². The molecule has 2 aromatic rings. The Morgan fingerprint density at radius 2 is 1.91 bits per heavy atom. The zero-order valence-corrected chi connectivity index (χ0v) is 12.5. The Balaban J connectivity index is 1.71. The SMILES string of the molecule is O=C(/C=C/c1cccc(F)c1)c1ccc(N2CCCC2=O)cc1. The Morgan fingerprint density at radius 3 is 2.57 bits per heavy atom. The second-order valence-electron chi connectivity index (χ2n) is 5.45. The zero-order chi connectivity index (χ0) is 16.2. The van der Waals surface area contributed by atoms with Crippen LogP contribution in [0, 0.1) is 5.82 Å². The van der Waals surface area contributed by atoms with E-state index in [0.29, 0.717) is 17.5 Å². The number of allylic oxidation sites excluding steroid dienone is 1. The van der Waals surface area contributed by atoms with Crippen LogP contribution < -0.4 is 4.90 Å². The highest BCUT2D eigenvalue weighted by Gasteiger charge is 2.21. The highest BCUT2D eigenvalue weighted by atomic mass is 19.1. The normalized spacial score (nSPS) is 14.7. The molecule has 0 saturated carbocycles. The molecule has 0 radical (unpaired) electrons. The molecule has 0 N–H and O–H groups in total. The minimum atomic E-state index is -0.334. The van der Waals surface area contributed by atoms with Gasteiger partial charge in [0.1, 0.15) is 5.82 Å². The first-order chi connectivity index (χ1) is 11.1. The van der Waals surface area contributed by atoms with Crippen LogP contribution in [0.1, 0.15) is 28.8 Å². The number of ketones is 1. The van der Waals surface area contributed by atoms with Gasteiger partial charge in [0.15, 0.2) is 5.78 Å². The molecule has 0 unspecified atom stereocenters.